The maximum absolute atomic E-state index is 13.2. The summed E-state index contributed by atoms with van der Waals surface area (Å²) in [5, 5.41) is 0. The van der Waals surface area contributed by atoms with Gasteiger partial charge in [-0.25, -0.2) is 14.4 Å². The molecule has 2 rings (SSSR count). The second kappa shape index (κ2) is 21.0. The molecule has 0 radical (unpaired) electrons. The molecule has 8 nitrogen and oxygen atoms in total. The predicted molar refractivity (Wildman–Crippen MR) is 183 cm³/mol. The van der Waals surface area contributed by atoms with Crippen LogP contribution in [0, 0.1) is 25.7 Å². The van der Waals surface area contributed by atoms with Crippen LogP contribution in [-0.4, -0.2) is 36.1 Å². The van der Waals surface area contributed by atoms with Crippen LogP contribution in [0.4, 0.5) is 0 Å². The molecule has 0 aliphatic heterocycles. The maximum atomic E-state index is 13.2. The quantitative estimate of drug-likeness (QED) is 0.0750. The SMILES string of the molecule is C=C(CC(=O)OC(CC(CC)CCCC)C(=O)Oc1ccc(C)cc1)C(=O)OC(CC(CC)CCCC)C(=O)Oc1ccc(C)cc1. The molecule has 0 bridgehead atoms. The van der Waals surface area contributed by atoms with E-state index in [0.717, 1.165) is 62.5 Å². The molecule has 0 fully saturated rings. The number of hydrogen-bond donors (Lipinski definition) is 0. The molecule has 2 aromatic rings. The van der Waals surface area contributed by atoms with Gasteiger partial charge >= 0.3 is 23.9 Å². The zero-order valence-corrected chi connectivity index (χ0v) is 29.2. The van der Waals surface area contributed by atoms with Crippen LogP contribution in [0.5, 0.6) is 11.5 Å². The van der Waals surface area contributed by atoms with Gasteiger partial charge in [0.1, 0.15) is 11.5 Å². The van der Waals surface area contributed by atoms with Crippen LogP contribution in [-0.2, 0) is 28.7 Å². The van der Waals surface area contributed by atoms with Crippen molar-refractivity contribution in [2.75, 3.05) is 0 Å². The van der Waals surface area contributed by atoms with Crippen LogP contribution in [0.1, 0.15) is 109 Å². The summed E-state index contributed by atoms with van der Waals surface area (Å²) in [4.78, 5) is 52.7. The maximum Gasteiger partial charge on any atom is 0.352 e. The number of rotatable bonds is 21. The Morgan fingerprint density at radius 3 is 1.43 bits per heavy atom. The van der Waals surface area contributed by atoms with Gasteiger partial charge in [-0.3, -0.25) is 4.79 Å². The van der Waals surface area contributed by atoms with Crippen molar-refractivity contribution in [3.63, 3.8) is 0 Å². The third kappa shape index (κ3) is 14.6. The summed E-state index contributed by atoms with van der Waals surface area (Å²) < 4.78 is 22.4. The van der Waals surface area contributed by atoms with Crippen LogP contribution >= 0.6 is 0 Å². The van der Waals surface area contributed by atoms with E-state index in [9.17, 15) is 19.2 Å². The van der Waals surface area contributed by atoms with E-state index in [2.05, 4.69) is 20.4 Å². The second-order valence-electron chi connectivity index (χ2n) is 12.4. The number of hydrogen-bond acceptors (Lipinski definition) is 8. The van der Waals surface area contributed by atoms with Crippen LogP contribution in [0.25, 0.3) is 0 Å². The number of carbonyl (C=O) groups excluding carboxylic acids is 4. The van der Waals surface area contributed by atoms with Crippen LogP contribution in [0.15, 0.2) is 60.7 Å². The zero-order chi connectivity index (χ0) is 34.8. The molecule has 0 saturated heterocycles. The Bertz CT molecular complexity index is 1280. The topological polar surface area (TPSA) is 105 Å². The molecule has 47 heavy (non-hydrogen) atoms. The molecule has 0 aliphatic carbocycles. The van der Waals surface area contributed by atoms with E-state index in [1.807, 2.05) is 52.0 Å². The van der Waals surface area contributed by atoms with E-state index in [1.54, 1.807) is 24.3 Å². The summed E-state index contributed by atoms with van der Waals surface area (Å²) in [5.41, 5.74) is 1.84. The lowest BCUT2D eigenvalue weighted by Crippen LogP contribution is -2.35. The lowest BCUT2D eigenvalue weighted by molar-refractivity contribution is -0.164. The van der Waals surface area contributed by atoms with Crippen molar-refractivity contribution >= 4 is 23.9 Å². The first-order valence-electron chi connectivity index (χ1n) is 17.1. The van der Waals surface area contributed by atoms with Crippen LogP contribution < -0.4 is 9.47 Å². The lowest BCUT2D eigenvalue weighted by atomic mass is 9.93. The number of carbonyl (C=O) groups is 4. The van der Waals surface area contributed by atoms with Crippen LogP contribution in [0.2, 0.25) is 0 Å². The Labute approximate surface area is 281 Å². The minimum Gasteiger partial charge on any atom is -0.450 e. The van der Waals surface area contributed by atoms with Gasteiger partial charge in [-0.15, -0.1) is 0 Å². The molecule has 0 aliphatic rings. The van der Waals surface area contributed by atoms with Gasteiger partial charge in [-0.1, -0.05) is 121 Å². The largest absolute Gasteiger partial charge is 0.450 e. The predicted octanol–water partition coefficient (Wildman–Crippen LogP) is 8.80. The highest BCUT2D eigenvalue weighted by Gasteiger charge is 2.32. The van der Waals surface area contributed by atoms with E-state index >= 15 is 0 Å². The molecule has 2 aromatic carbocycles. The van der Waals surface area contributed by atoms with E-state index in [-0.39, 0.29) is 23.8 Å². The zero-order valence-electron chi connectivity index (χ0n) is 29.2. The summed E-state index contributed by atoms with van der Waals surface area (Å²) in [6.45, 7) is 15.9. The Morgan fingerprint density at radius 2 is 1.04 bits per heavy atom. The molecule has 0 heterocycles. The Hall–Kier alpha value is -3.94. The number of ether oxygens (including phenoxy) is 4. The third-order valence-electron chi connectivity index (χ3n) is 8.36. The fraction of sp³-hybridized carbons (Fsp3) is 0.538. The first-order chi connectivity index (χ1) is 22.5. The van der Waals surface area contributed by atoms with Crippen molar-refractivity contribution in [2.45, 2.75) is 124 Å². The highest BCUT2D eigenvalue weighted by atomic mass is 16.6. The molecule has 0 saturated carbocycles. The number of aryl methyl sites for hydroxylation is 2. The highest BCUT2D eigenvalue weighted by Crippen LogP contribution is 2.25. The number of esters is 4. The van der Waals surface area contributed by atoms with Gasteiger partial charge in [-0.2, -0.15) is 0 Å². The van der Waals surface area contributed by atoms with Gasteiger partial charge in [0.15, 0.2) is 12.2 Å². The van der Waals surface area contributed by atoms with E-state index in [0.29, 0.717) is 17.9 Å². The molecule has 0 aromatic heterocycles. The average Bonchev–Trinajstić information content (AvgIpc) is 3.05. The van der Waals surface area contributed by atoms with Crippen molar-refractivity contribution in [1.82, 2.24) is 0 Å². The first kappa shape index (κ1) is 39.2. The summed E-state index contributed by atoms with van der Waals surface area (Å²) in [5.74, 6) is -2.10. The van der Waals surface area contributed by atoms with Crippen LogP contribution in [0.3, 0.4) is 0 Å². The van der Waals surface area contributed by atoms with Gasteiger partial charge in [0.2, 0.25) is 0 Å². The van der Waals surface area contributed by atoms with Crippen molar-refractivity contribution in [1.29, 1.82) is 0 Å². The summed E-state index contributed by atoms with van der Waals surface area (Å²) in [6, 6.07) is 14.0. The molecule has 0 amide bonds. The van der Waals surface area contributed by atoms with Crippen molar-refractivity contribution < 1.29 is 38.1 Å². The normalized spacial score (nSPS) is 13.5. The van der Waals surface area contributed by atoms with E-state index in [1.165, 1.54) is 0 Å². The highest BCUT2D eigenvalue weighted by molar-refractivity contribution is 5.95. The van der Waals surface area contributed by atoms with Gasteiger partial charge < -0.3 is 18.9 Å². The van der Waals surface area contributed by atoms with Gasteiger partial charge in [0.05, 0.1) is 6.42 Å². The standard InChI is InChI=1S/C39H54O8/c1-8-12-14-30(10-3)25-34(38(42)44-32-20-16-27(5)17-21-32)46-36(40)24-29(7)37(41)47-35(26-31(11-4)15-13-9-2)39(43)45-33-22-18-28(6)19-23-33/h16-23,30-31,34-35H,7-15,24-26H2,1-6H3. The molecule has 8 heteroatoms. The summed E-state index contributed by atoms with van der Waals surface area (Å²) in [6.07, 6.45) is 5.09. The lowest BCUT2D eigenvalue weighted by Gasteiger charge is -2.23. The molecular formula is C39H54O8. The summed E-state index contributed by atoms with van der Waals surface area (Å²) in [7, 11) is 0. The number of unbranched alkanes of at least 4 members (excludes halogenated alkanes) is 2. The minimum atomic E-state index is -1.18. The smallest absolute Gasteiger partial charge is 0.352 e. The molecule has 4 unspecified atom stereocenters. The third-order valence-corrected chi connectivity index (χ3v) is 8.36. The first-order valence-corrected chi connectivity index (χ1v) is 17.1. The number of benzene rings is 2. The monoisotopic (exact) mass is 650 g/mol. The average molecular weight is 651 g/mol. The molecule has 258 valence electrons. The Morgan fingerprint density at radius 1 is 0.638 bits per heavy atom. The van der Waals surface area contributed by atoms with E-state index in [4.69, 9.17) is 18.9 Å². The Kier molecular flexibility index (Phi) is 17.6. The van der Waals surface area contributed by atoms with Gasteiger partial charge in [0, 0.05) is 5.57 Å². The molecule has 4 atom stereocenters. The van der Waals surface area contributed by atoms with E-state index < -0.39 is 42.5 Å². The fourth-order valence-electron chi connectivity index (χ4n) is 5.19. The molecule has 0 spiro atoms. The molecule has 0 N–H and O–H groups in total. The van der Waals surface area contributed by atoms with Gasteiger partial charge in [-0.05, 0) is 62.8 Å². The second-order valence-corrected chi connectivity index (χ2v) is 12.4. The summed E-state index contributed by atoms with van der Waals surface area (Å²) >= 11 is 0. The van der Waals surface area contributed by atoms with Crippen molar-refractivity contribution in [3.05, 3.63) is 71.8 Å². The van der Waals surface area contributed by atoms with Crippen molar-refractivity contribution in [3.8, 4) is 11.5 Å². The fourth-order valence-corrected chi connectivity index (χ4v) is 5.19. The Balaban J connectivity index is 2.14. The minimum absolute atomic E-state index is 0.135. The van der Waals surface area contributed by atoms with Gasteiger partial charge in [0.25, 0.3) is 0 Å². The molecular weight excluding hydrogens is 596 g/mol. The van der Waals surface area contributed by atoms with Crippen molar-refractivity contribution in [2.24, 2.45) is 11.8 Å².